The van der Waals surface area contributed by atoms with Gasteiger partial charge in [0.2, 0.25) is 0 Å². The maximum Gasteiger partial charge on any atom is 0.0107 e. The van der Waals surface area contributed by atoms with Crippen LogP contribution >= 0.6 is 0 Å². The predicted octanol–water partition coefficient (Wildman–Crippen LogP) is 2.35. The number of nitrogens with one attached hydrogen (secondary N) is 1. The zero-order valence-electron chi connectivity index (χ0n) is 11.1. The van der Waals surface area contributed by atoms with E-state index in [1.807, 2.05) is 0 Å². The Balaban J connectivity index is 2.17. The summed E-state index contributed by atoms with van der Waals surface area (Å²) in [7, 11) is 0. The molecule has 2 unspecified atom stereocenters. The van der Waals surface area contributed by atoms with E-state index >= 15 is 0 Å². The molecular formula is C13H28N2. The van der Waals surface area contributed by atoms with E-state index in [1.165, 1.54) is 26.1 Å². The molecule has 1 rings (SSSR count). The third-order valence-electron chi connectivity index (χ3n) is 3.50. The summed E-state index contributed by atoms with van der Waals surface area (Å²) < 4.78 is 0. The average Bonchev–Trinajstić information content (AvgIpc) is 2.09. The van der Waals surface area contributed by atoms with E-state index < -0.39 is 0 Å². The molecule has 15 heavy (non-hydrogen) atoms. The minimum absolute atomic E-state index is 0.259. The Morgan fingerprint density at radius 1 is 1.20 bits per heavy atom. The molecule has 0 radical (unpaired) electrons. The summed E-state index contributed by atoms with van der Waals surface area (Å²) in [6.07, 6.45) is 1.37. The van der Waals surface area contributed by atoms with Crippen molar-refractivity contribution in [1.82, 2.24) is 10.2 Å². The molecule has 0 amide bonds. The van der Waals surface area contributed by atoms with Crippen molar-refractivity contribution < 1.29 is 0 Å². The molecule has 0 spiro atoms. The number of piperidine rings is 1. The molecule has 1 fully saturated rings. The number of rotatable bonds is 3. The second-order valence-corrected chi connectivity index (χ2v) is 6.22. The number of hydrogen-bond donors (Lipinski definition) is 1. The third-order valence-corrected chi connectivity index (χ3v) is 3.50. The van der Waals surface area contributed by atoms with Gasteiger partial charge in [-0.25, -0.2) is 0 Å². The summed E-state index contributed by atoms with van der Waals surface area (Å²) >= 11 is 0. The highest BCUT2D eigenvalue weighted by Gasteiger charge is 2.22. The van der Waals surface area contributed by atoms with E-state index in [0.29, 0.717) is 0 Å². The highest BCUT2D eigenvalue weighted by molar-refractivity contribution is 4.77. The Hall–Kier alpha value is -0.0800. The van der Waals surface area contributed by atoms with Gasteiger partial charge in [-0.1, -0.05) is 13.8 Å². The first kappa shape index (κ1) is 13.0. The lowest BCUT2D eigenvalue weighted by Gasteiger charge is -2.35. The third kappa shape index (κ3) is 4.98. The first-order valence-electron chi connectivity index (χ1n) is 6.36. The Bertz CT molecular complexity index is 183. The van der Waals surface area contributed by atoms with Crippen LogP contribution in [0.15, 0.2) is 0 Å². The minimum atomic E-state index is 0.259. The summed E-state index contributed by atoms with van der Waals surface area (Å²) in [5.74, 6) is 1.78. The van der Waals surface area contributed by atoms with Crippen LogP contribution in [0.2, 0.25) is 0 Å². The lowest BCUT2D eigenvalue weighted by Crippen LogP contribution is -2.45. The van der Waals surface area contributed by atoms with E-state index in [1.54, 1.807) is 0 Å². The predicted molar refractivity (Wildman–Crippen MR) is 67.1 cm³/mol. The van der Waals surface area contributed by atoms with Crippen molar-refractivity contribution in [3.05, 3.63) is 0 Å². The van der Waals surface area contributed by atoms with Crippen LogP contribution in [0.4, 0.5) is 0 Å². The summed E-state index contributed by atoms with van der Waals surface area (Å²) in [4.78, 5) is 2.60. The monoisotopic (exact) mass is 212 g/mol. The van der Waals surface area contributed by atoms with Crippen molar-refractivity contribution >= 4 is 0 Å². The number of hydrogen-bond acceptors (Lipinski definition) is 2. The molecule has 0 aromatic carbocycles. The molecule has 0 aromatic heterocycles. The lowest BCUT2D eigenvalue weighted by molar-refractivity contribution is 0.137. The molecular weight excluding hydrogens is 184 g/mol. The van der Waals surface area contributed by atoms with Crippen LogP contribution in [0.1, 0.15) is 41.0 Å². The van der Waals surface area contributed by atoms with Gasteiger partial charge in [0, 0.05) is 25.2 Å². The van der Waals surface area contributed by atoms with Crippen LogP contribution < -0.4 is 5.32 Å². The van der Waals surface area contributed by atoms with Gasteiger partial charge in [-0.2, -0.15) is 0 Å². The first-order valence-corrected chi connectivity index (χ1v) is 6.36. The summed E-state index contributed by atoms with van der Waals surface area (Å²) in [6.45, 7) is 16.3. The zero-order valence-corrected chi connectivity index (χ0v) is 11.1. The fourth-order valence-electron chi connectivity index (χ4n) is 2.14. The molecule has 1 N–H and O–H groups in total. The largest absolute Gasteiger partial charge is 0.311 e. The second kappa shape index (κ2) is 5.31. The molecule has 0 aromatic rings. The van der Waals surface area contributed by atoms with Gasteiger partial charge in [0.25, 0.3) is 0 Å². The summed E-state index contributed by atoms with van der Waals surface area (Å²) in [5, 5.41) is 3.55. The molecule has 0 saturated carbocycles. The van der Waals surface area contributed by atoms with Crippen LogP contribution in [0.25, 0.3) is 0 Å². The molecule has 1 aliphatic rings. The summed E-state index contributed by atoms with van der Waals surface area (Å²) in [6, 6.07) is 0. The van der Waals surface area contributed by atoms with Crippen LogP contribution in [0, 0.1) is 11.8 Å². The molecule has 0 bridgehead atoms. The fourth-order valence-corrected chi connectivity index (χ4v) is 2.14. The van der Waals surface area contributed by atoms with Crippen molar-refractivity contribution in [2.24, 2.45) is 11.8 Å². The van der Waals surface area contributed by atoms with Gasteiger partial charge in [0.15, 0.2) is 0 Å². The standard InChI is InChI=1S/C13H28N2/c1-11-6-8-15(10-12(11)2)9-7-14-13(3,4)5/h11-12,14H,6-10H2,1-5H3. The molecule has 2 atom stereocenters. The Morgan fingerprint density at radius 2 is 1.87 bits per heavy atom. The van der Waals surface area contributed by atoms with E-state index in [-0.39, 0.29) is 5.54 Å². The van der Waals surface area contributed by atoms with Crippen LogP contribution in [0.5, 0.6) is 0 Å². The quantitative estimate of drug-likeness (QED) is 0.772. The Kier molecular flexibility index (Phi) is 4.60. The summed E-state index contributed by atoms with van der Waals surface area (Å²) in [5.41, 5.74) is 0.259. The fraction of sp³-hybridized carbons (Fsp3) is 1.00. The average molecular weight is 212 g/mol. The molecule has 90 valence electrons. The maximum absolute atomic E-state index is 3.55. The van der Waals surface area contributed by atoms with Crippen molar-refractivity contribution in [2.45, 2.75) is 46.6 Å². The Morgan fingerprint density at radius 3 is 2.40 bits per heavy atom. The minimum Gasteiger partial charge on any atom is -0.311 e. The topological polar surface area (TPSA) is 15.3 Å². The number of likely N-dealkylation sites (tertiary alicyclic amines) is 1. The number of nitrogens with zero attached hydrogens (tertiary/aromatic N) is 1. The zero-order chi connectivity index (χ0) is 11.5. The van der Waals surface area contributed by atoms with Crippen molar-refractivity contribution in [1.29, 1.82) is 0 Å². The van der Waals surface area contributed by atoms with Gasteiger partial charge >= 0.3 is 0 Å². The van der Waals surface area contributed by atoms with Gasteiger partial charge in [-0.15, -0.1) is 0 Å². The van der Waals surface area contributed by atoms with E-state index in [4.69, 9.17) is 0 Å². The molecule has 1 heterocycles. The second-order valence-electron chi connectivity index (χ2n) is 6.22. The van der Waals surface area contributed by atoms with Gasteiger partial charge in [0.1, 0.15) is 0 Å². The lowest BCUT2D eigenvalue weighted by atomic mass is 9.89. The highest BCUT2D eigenvalue weighted by Crippen LogP contribution is 2.21. The van der Waals surface area contributed by atoms with Gasteiger partial charge in [0.05, 0.1) is 0 Å². The molecule has 0 aliphatic carbocycles. The highest BCUT2D eigenvalue weighted by atomic mass is 15.1. The van der Waals surface area contributed by atoms with Crippen molar-refractivity contribution in [3.8, 4) is 0 Å². The van der Waals surface area contributed by atoms with Crippen molar-refractivity contribution in [3.63, 3.8) is 0 Å². The van der Waals surface area contributed by atoms with E-state index in [2.05, 4.69) is 44.8 Å². The van der Waals surface area contributed by atoms with Crippen molar-refractivity contribution in [2.75, 3.05) is 26.2 Å². The smallest absolute Gasteiger partial charge is 0.0107 e. The van der Waals surface area contributed by atoms with E-state index in [0.717, 1.165) is 18.4 Å². The van der Waals surface area contributed by atoms with Crippen LogP contribution in [-0.2, 0) is 0 Å². The molecule has 2 nitrogen and oxygen atoms in total. The van der Waals surface area contributed by atoms with Gasteiger partial charge in [-0.05, 0) is 45.6 Å². The molecule has 1 aliphatic heterocycles. The van der Waals surface area contributed by atoms with Gasteiger partial charge in [-0.3, -0.25) is 0 Å². The van der Waals surface area contributed by atoms with Gasteiger partial charge < -0.3 is 10.2 Å². The van der Waals surface area contributed by atoms with Crippen LogP contribution in [-0.4, -0.2) is 36.6 Å². The molecule has 1 saturated heterocycles. The Labute approximate surface area is 95.4 Å². The molecule has 2 heteroatoms. The first-order chi connectivity index (χ1) is 6.88. The normalized spacial score (nSPS) is 29.4. The SMILES string of the molecule is CC1CCN(CCNC(C)(C)C)CC1C. The maximum atomic E-state index is 3.55. The van der Waals surface area contributed by atoms with Crippen LogP contribution in [0.3, 0.4) is 0 Å². The van der Waals surface area contributed by atoms with E-state index in [9.17, 15) is 0 Å².